The van der Waals surface area contributed by atoms with Gasteiger partial charge >= 0.3 is 0 Å². The van der Waals surface area contributed by atoms with Crippen molar-refractivity contribution in [3.63, 3.8) is 0 Å². The number of halogens is 2. The summed E-state index contributed by atoms with van der Waals surface area (Å²) in [5.41, 5.74) is 1.19. The zero-order valence-corrected chi connectivity index (χ0v) is 18.8. The molecule has 166 valence electrons. The first-order valence-electron chi connectivity index (χ1n) is 9.93. The molecule has 0 aliphatic carbocycles. The second-order valence-corrected chi connectivity index (χ2v) is 7.75. The molecular formula is C23H26Cl2N2O4. The number of imidazole rings is 1. The summed E-state index contributed by atoms with van der Waals surface area (Å²) in [6.45, 7) is 1.46. The Labute approximate surface area is 193 Å². The molecular weight excluding hydrogens is 439 g/mol. The van der Waals surface area contributed by atoms with Gasteiger partial charge in [0.2, 0.25) is 0 Å². The zero-order chi connectivity index (χ0) is 20.8. The Morgan fingerprint density at radius 3 is 2.55 bits per heavy atom. The fourth-order valence-electron chi connectivity index (χ4n) is 3.50. The molecule has 1 saturated heterocycles. The average molecular weight is 465 g/mol. The minimum Gasteiger partial charge on any atom is -0.497 e. The molecule has 1 fully saturated rings. The van der Waals surface area contributed by atoms with Crippen LogP contribution in [0.15, 0.2) is 67.3 Å². The van der Waals surface area contributed by atoms with Gasteiger partial charge in [0.15, 0.2) is 5.79 Å². The zero-order valence-electron chi connectivity index (χ0n) is 17.3. The van der Waals surface area contributed by atoms with Gasteiger partial charge in [-0.1, -0.05) is 23.7 Å². The van der Waals surface area contributed by atoms with E-state index < -0.39 is 5.79 Å². The van der Waals surface area contributed by atoms with E-state index in [0.29, 0.717) is 26.2 Å². The van der Waals surface area contributed by atoms with E-state index in [2.05, 4.69) is 4.98 Å². The van der Waals surface area contributed by atoms with Gasteiger partial charge in [-0.2, -0.15) is 0 Å². The maximum absolute atomic E-state index is 6.39. The van der Waals surface area contributed by atoms with Crippen molar-refractivity contribution in [2.75, 3.05) is 20.3 Å². The SMILES string of the molecule is COc1ccc(OC[C@@H]2CO[C@@](CCc3ccc(Cl)cc3)(Cn3ccnc3)O2)cc1.Cl. The van der Waals surface area contributed by atoms with E-state index in [9.17, 15) is 0 Å². The molecule has 2 aromatic carbocycles. The molecule has 8 heteroatoms. The van der Waals surface area contributed by atoms with Crippen molar-refractivity contribution in [3.8, 4) is 11.5 Å². The maximum atomic E-state index is 6.39. The molecule has 0 unspecified atom stereocenters. The van der Waals surface area contributed by atoms with Gasteiger partial charge < -0.3 is 23.5 Å². The Kier molecular flexibility index (Phi) is 8.21. The standard InChI is InChI=1S/C23H25ClN2O4.ClH/c1-27-20-6-8-21(9-7-20)28-14-22-15-29-23(30-22,16-26-13-12-25-17-26)11-10-18-2-4-19(24)5-3-18;/h2-9,12-13,17,22H,10-11,14-16H2,1H3;1H/t22-,23-;/m1./s1. The Hall–Kier alpha value is -2.25. The molecule has 0 saturated carbocycles. The summed E-state index contributed by atoms with van der Waals surface area (Å²) in [4.78, 5) is 4.13. The van der Waals surface area contributed by atoms with E-state index in [4.69, 9.17) is 30.5 Å². The highest BCUT2D eigenvalue weighted by atomic mass is 35.5. The van der Waals surface area contributed by atoms with Gasteiger partial charge in [0.25, 0.3) is 0 Å². The fourth-order valence-corrected chi connectivity index (χ4v) is 3.62. The third-order valence-electron chi connectivity index (χ3n) is 5.10. The molecule has 31 heavy (non-hydrogen) atoms. The van der Waals surface area contributed by atoms with E-state index >= 15 is 0 Å². The quantitative estimate of drug-likeness (QED) is 0.455. The molecule has 0 N–H and O–H groups in total. The molecule has 4 rings (SSSR count). The molecule has 0 amide bonds. The van der Waals surface area contributed by atoms with Crippen LogP contribution >= 0.6 is 24.0 Å². The van der Waals surface area contributed by atoms with Gasteiger partial charge in [0.1, 0.15) is 24.2 Å². The van der Waals surface area contributed by atoms with Crippen LogP contribution in [0, 0.1) is 0 Å². The van der Waals surface area contributed by atoms with Gasteiger partial charge in [-0.05, 0) is 48.4 Å². The lowest BCUT2D eigenvalue weighted by atomic mass is 10.0. The van der Waals surface area contributed by atoms with Crippen molar-refractivity contribution in [1.29, 1.82) is 0 Å². The van der Waals surface area contributed by atoms with E-state index in [-0.39, 0.29) is 18.5 Å². The number of ether oxygens (including phenoxy) is 4. The van der Waals surface area contributed by atoms with Crippen LogP contribution in [0.2, 0.25) is 5.02 Å². The summed E-state index contributed by atoms with van der Waals surface area (Å²) in [6, 6.07) is 15.4. The van der Waals surface area contributed by atoms with Gasteiger partial charge in [-0.25, -0.2) is 4.98 Å². The highest BCUT2D eigenvalue weighted by Crippen LogP contribution is 2.31. The average Bonchev–Trinajstić information content (AvgIpc) is 3.43. The molecule has 2 atom stereocenters. The van der Waals surface area contributed by atoms with E-state index in [0.717, 1.165) is 22.9 Å². The Bertz CT molecular complexity index is 920. The van der Waals surface area contributed by atoms with Crippen molar-refractivity contribution in [2.45, 2.75) is 31.3 Å². The van der Waals surface area contributed by atoms with Crippen molar-refractivity contribution >= 4 is 24.0 Å². The molecule has 0 bridgehead atoms. The van der Waals surface area contributed by atoms with Crippen LogP contribution in [0.5, 0.6) is 11.5 Å². The smallest absolute Gasteiger partial charge is 0.187 e. The Morgan fingerprint density at radius 1 is 1.13 bits per heavy atom. The van der Waals surface area contributed by atoms with Gasteiger partial charge in [0, 0.05) is 23.8 Å². The van der Waals surface area contributed by atoms with Crippen LogP contribution in [0.3, 0.4) is 0 Å². The molecule has 1 aromatic heterocycles. The number of hydrogen-bond donors (Lipinski definition) is 0. The number of aromatic nitrogens is 2. The van der Waals surface area contributed by atoms with Gasteiger partial charge in [-0.3, -0.25) is 0 Å². The summed E-state index contributed by atoms with van der Waals surface area (Å²) in [7, 11) is 1.64. The number of aryl methyl sites for hydroxylation is 1. The first-order chi connectivity index (χ1) is 14.6. The predicted molar refractivity (Wildman–Crippen MR) is 121 cm³/mol. The highest BCUT2D eigenvalue weighted by Gasteiger charge is 2.42. The Morgan fingerprint density at radius 2 is 1.87 bits per heavy atom. The predicted octanol–water partition coefficient (Wildman–Crippen LogP) is 4.79. The fraction of sp³-hybridized carbons (Fsp3) is 0.348. The second-order valence-electron chi connectivity index (χ2n) is 7.31. The van der Waals surface area contributed by atoms with E-state index in [1.54, 1.807) is 19.6 Å². The van der Waals surface area contributed by atoms with Gasteiger partial charge in [0.05, 0.1) is 26.6 Å². The number of methoxy groups -OCH3 is 1. The largest absolute Gasteiger partial charge is 0.497 e. The Balaban J connectivity index is 0.00000272. The lowest BCUT2D eigenvalue weighted by molar-refractivity contribution is -0.184. The first kappa shape index (κ1) is 23.4. The number of rotatable bonds is 9. The first-order valence-corrected chi connectivity index (χ1v) is 10.3. The lowest BCUT2D eigenvalue weighted by Gasteiger charge is -2.28. The number of nitrogens with zero attached hydrogens (tertiary/aromatic N) is 2. The molecule has 6 nitrogen and oxygen atoms in total. The second kappa shape index (κ2) is 10.9. The number of hydrogen-bond acceptors (Lipinski definition) is 5. The molecule has 1 aliphatic heterocycles. The summed E-state index contributed by atoms with van der Waals surface area (Å²) in [5.74, 6) is 0.839. The third-order valence-corrected chi connectivity index (χ3v) is 5.35. The normalized spacial score (nSPS) is 20.3. The van der Waals surface area contributed by atoms with Crippen LogP contribution in [-0.4, -0.2) is 41.8 Å². The molecule has 0 spiro atoms. The highest BCUT2D eigenvalue weighted by molar-refractivity contribution is 6.30. The molecule has 1 aliphatic rings. The van der Waals surface area contributed by atoms with Crippen molar-refractivity contribution in [1.82, 2.24) is 9.55 Å². The van der Waals surface area contributed by atoms with Crippen LogP contribution in [0.25, 0.3) is 0 Å². The van der Waals surface area contributed by atoms with Crippen LogP contribution in [0.1, 0.15) is 12.0 Å². The maximum Gasteiger partial charge on any atom is 0.187 e. The lowest BCUT2D eigenvalue weighted by Crippen LogP contribution is -2.37. The number of benzene rings is 2. The van der Waals surface area contributed by atoms with Crippen molar-refractivity contribution in [3.05, 3.63) is 77.8 Å². The van der Waals surface area contributed by atoms with E-state index in [1.807, 2.05) is 59.3 Å². The van der Waals surface area contributed by atoms with Crippen LogP contribution in [-0.2, 0) is 22.4 Å². The molecule has 0 radical (unpaired) electrons. The minimum absolute atomic E-state index is 0. The summed E-state index contributed by atoms with van der Waals surface area (Å²) in [5, 5.41) is 0.732. The van der Waals surface area contributed by atoms with E-state index in [1.165, 1.54) is 5.56 Å². The molecule has 3 aromatic rings. The van der Waals surface area contributed by atoms with Crippen molar-refractivity contribution in [2.24, 2.45) is 0 Å². The van der Waals surface area contributed by atoms with Crippen molar-refractivity contribution < 1.29 is 18.9 Å². The monoisotopic (exact) mass is 464 g/mol. The van der Waals surface area contributed by atoms with Gasteiger partial charge in [-0.15, -0.1) is 12.4 Å². The topological polar surface area (TPSA) is 54.7 Å². The minimum atomic E-state index is -0.728. The summed E-state index contributed by atoms with van der Waals surface area (Å²) < 4.78 is 25.6. The third kappa shape index (κ3) is 6.37. The summed E-state index contributed by atoms with van der Waals surface area (Å²) in [6.07, 6.45) is 6.83. The molecule has 2 heterocycles. The van der Waals surface area contributed by atoms with Crippen LogP contribution < -0.4 is 9.47 Å². The summed E-state index contributed by atoms with van der Waals surface area (Å²) >= 11 is 6.00. The van der Waals surface area contributed by atoms with Crippen LogP contribution in [0.4, 0.5) is 0 Å².